The molecule has 0 spiro atoms. The van der Waals surface area contributed by atoms with Crippen LogP contribution < -0.4 is 5.73 Å². The first-order chi connectivity index (χ1) is 7.09. The van der Waals surface area contributed by atoms with Crippen molar-refractivity contribution < 1.29 is 14.7 Å². The molecule has 1 saturated heterocycles. The Bertz CT molecular complexity index is 243. The highest BCUT2D eigenvalue weighted by Gasteiger charge is 2.22. The number of nitrogens with zero attached hydrogens (tertiary/aromatic N) is 1. The molecule has 0 amide bonds. The van der Waals surface area contributed by atoms with Crippen molar-refractivity contribution in [1.29, 1.82) is 0 Å². The second kappa shape index (κ2) is 5.82. The lowest BCUT2D eigenvalue weighted by Crippen LogP contribution is -2.49. The molecule has 1 unspecified atom stereocenters. The maximum atomic E-state index is 11.2. The molecule has 1 aliphatic rings. The van der Waals surface area contributed by atoms with Crippen molar-refractivity contribution in [3.8, 4) is 0 Å². The number of piperidine rings is 1. The summed E-state index contributed by atoms with van der Waals surface area (Å²) in [5.74, 6) is -0.538. The number of carboxylic acid groups (broad SMARTS) is 1. The van der Waals surface area contributed by atoms with Crippen molar-refractivity contribution >= 4 is 11.8 Å². The van der Waals surface area contributed by atoms with Gasteiger partial charge in [0.2, 0.25) is 0 Å². The van der Waals surface area contributed by atoms with E-state index in [9.17, 15) is 9.59 Å². The van der Waals surface area contributed by atoms with Crippen molar-refractivity contribution in [2.75, 3.05) is 13.1 Å². The number of rotatable bonds is 5. The molecule has 3 N–H and O–H groups in total. The number of hydrogen-bond acceptors (Lipinski definition) is 4. The molecule has 0 bridgehead atoms. The molecule has 86 valence electrons. The molecule has 0 aromatic rings. The van der Waals surface area contributed by atoms with E-state index >= 15 is 0 Å². The van der Waals surface area contributed by atoms with Crippen molar-refractivity contribution in [1.82, 2.24) is 4.90 Å². The van der Waals surface area contributed by atoms with Gasteiger partial charge in [0.15, 0.2) is 0 Å². The molecule has 1 rings (SSSR count). The summed E-state index contributed by atoms with van der Waals surface area (Å²) >= 11 is 0. The summed E-state index contributed by atoms with van der Waals surface area (Å²) in [4.78, 5) is 23.4. The van der Waals surface area contributed by atoms with Gasteiger partial charge in [0.05, 0.1) is 12.7 Å². The number of aliphatic carboxylic acids is 1. The van der Waals surface area contributed by atoms with E-state index in [2.05, 4.69) is 0 Å². The second-order valence-electron chi connectivity index (χ2n) is 3.97. The number of carboxylic acids is 1. The first-order valence-electron chi connectivity index (χ1n) is 5.32. The minimum Gasteiger partial charge on any atom is -0.481 e. The van der Waals surface area contributed by atoms with Gasteiger partial charge in [0, 0.05) is 19.4 Å². The number of carbonyl (C=O) groups is 2. The van der Waals surface area contributed by atoms with Crippen LogP contribution >= 0.6 is 0 Å². The highest BCUT2D eigenvalue weighted by Crippen LogP contribution is 2.11. The van der Waals surface area contributed by atoms with Crippen LogP contribution in [0.4, 0.5) is 0 Å². The monoisotopic (exact) mass is 214 g/mol. The Balaban J connectivity index is 2.18. The minimum atomic E-state index is -0.769. The topological polar surface area (TPSA) is 83.6 Å². The molecular weight excluding hydrogens is 196 g/mol. The zero-order chi connectivity index (χ0) is 11.3. The number of unbranched alkanes of at least 4 members (excludes halogenated alkanes) is 1. The Morgan fingerprint density at radius 3 is 2.93 bits per heavy atom. The van der Waals surface area contributed by atoms with E-state index in [1.165, 1.54) is 0 Å². The van der Waals surface area contributed by atoms with Gasteiger partial charge in [-0.25, -0.2) is 0 Å². The van der Waals surface area contributed by atoms with E-state index in [1.807, 2.05) is 4.90 Å². The summed E-state index contributed by atoms with van der Waals surface area (Å²) in [5, 5.41) is 8.45. The van der Waals surface area contributed by atoms with Crippen LogP contribution in [0.2, 0.25) is 0 Å². The van der Waals surface area contributed by atoms with Gasteiger partial charge < -0.3 is 10.8 Å². The molecule has 0 aromatic heterocycles. The minimum absolute atomic E-state index is 0.0347. The largest absolute Gasteiger partial charge is 0.481 e. The summed E-state index contributed by atoms with van der Waals surface area (Å²) < 4.78 is 0. The van der Waals surface area contributed by atoms with Gasteiger partial charge in [-0.05, 0) is 19.3 Å². The average Bonchev–Trinajstić information content (AvgIpc) is 2.17. The SMILES string of the molecule is NC1CCC(=O)CN1CCCCC(=O)O. The molecular formula is C10H18N2O3. The summed E-state index contributed by atoms with van der Waals surface area (Å²) in [7, 11) is 0. The quantitative estimate of drug-likeness (QED) is 0.638. The predicted octanol–water partition coefficient (Wildman–Crippen LogP) is 0.191. The first kappa shape index (κ1) is 12.1. The Labute approximate surface area is 89.2 Å². The molecule has 5 nitrogen and oxygen atoms in total. The molecule has 5 heteroatoms. The van der Waals surface area contributed by atoms with Gasteiger partial charge in [0.1, 0.15) is 5.78 Å². The van der Waals surface area contributed by atoms with Crippen LogP contribution in [0.1, 0.15) is 32.1 Å². The molecule has 1 heterocycles. The third kappa shape index (κ3) is 4.40. The fourth-order valence-electron chi connectivity index (χ4n) is 1.75. The molecule has 1 atom stereocenters. The number of Topliss-reactive ketones (excluding diaryl/α,β-unsaturated/α-hetero) is 1. The number of hydrogen-bond donors (Lipinski definition) is 2. The fraction of sp³-hybridized carbons (Fsp3) is 0.800. The van der Waals surface area contributed by atoms with Crippen molar-refractivity contribution in [3.05, 3.63) is 0 Å². The highest BCUT2D eigenvalue weighted by molar-refractivity contribution is 5.81. The number of nitrogens with two attached hydrogens (primary N) is 1. The van der Waals surface area contributed by atoms with Crippen LogP contribution in [-0.2, 0) is 9.59 Å². The molecule has 15 heavy (non-hydrogen) atoms. The van der Waals surface area contributed by atoms with E-state index in [0.717, 1.165) is 19.4 Å². The Morgan fingerprint density at radius 2 is 2.27 bits per heavy atom. The number of ketones is 1. The number of carbonyl (C=O) groups excluding carboxylic acids is 1. The van der Waals surface area contributed by atoms with E-state index < -0.39 is 5.97 Å². The Kier molecular flexibility index (Phi) is 4.71. The molecule has 0 radical (unpaired) electrons. The third-order valence-electron chi connectivity index (χ3n) is 2.65. The Hall–Kier alpha value is -0.940. The summed E-state index contributed by atoms with van der Waals surface area (Å²) in [5.41, 5.74) is 5.84. The van der Waals surface area contributed by atoms with Crippen LogP contribution in [0.25, 0.3) is 0 Å². The van der Waals surface area contributed by atoms with Crippen LogP contribution in [0.15, 0.2) is 0 Å². The van der Waals surface area contributed by atoms with Gasteiger partial charge in [-0.1, -0.05) is 0 Å². The van der Waals surface area contributed by atoms with Crippen molar-refractivity contribution in [3.63, 3.8) is 0 Å². The van der Waals surface area contributed by atoms with Crippen molar-refractivity contribution in [2.45, 2.75) is 38.3 Å². The summed E-state index contributed by atoms with van der Waals surface area (Å²) in [6.07, 6.45) is 2.88. The number of likely N-dealkylation sites (tertiary alicyclic amines) is 1. The van der Waals surface area contributed by atoms with Crippen LogP contribution in [0.3, 0.4) is 0 Å². The third-order valence-corrected chi connectivity index (χ3v) is 2.65. The molecule has 0 saturated carbocycles. The van der Waals surface area contributed by atoms with E-state index in [1.54, 1.807) is 0 Å². The van der Waals surface area contributed by atoms with Gasteiger partial charge >= 0.3 is 5.97 Å². The van der Waals surface area contributed by atoms with Crippen LogP contribution in [0.5, 0.6) is 0 Å². The molecule has 1 aliphatic heterocycles. The normalized spacial score (nSPS) is 23.0. The smallest absolute Gasteiger partial charge is 0.303 e. The lowest BCUT2D eigenvalue weighted by atomic mass is 10.1. The fourth-order valence-corrected chi connectivity index (χ4v) is 1.75. The second-order valence-corrected chi connectivity index (χ2v) is 3.97. The zero-order valence-electron chi connectivity index (χ0n) is 8.82. The van der Waals surface area contributed by atoms with Gasteiger partial charge in [-0.3, -0.25) is 14.5 Å². The summed E-state index contributed by atoms with van der Waals surface area (Å²) in [6, 6.07) is 0. The van der Waals surface area contributed by atoms with Crippen LogP contribution in [-0.4, -0.2) is 41.0 Å². The van der Waals surface area contributed by atoms with Gasteiger partial charge in [-0.2, -0.15) is 0 Å². The van der Waals surface area contributed by atoms with E-state index in [4.69, 9.17) is 10.8 Å². The highest BCUT2D eigenvalue weighted by atomic mass is 16.4. The lowest BCUT2D eigenvalue weighted by molar-refractivity contribution is -0.137. The molecule has 0 aliphatic carbocycles. The maximum Gasteiger partial charge on any atom is 0.303 e. The van der Waals surface area contributed by atoms with Gasteiger partial charge in [-0.15, -0.1) is 0 Å². The van der Waals surface area contributed by atoms with E-state index in [0.29, 0.717) is 19.4 Å². The van der Waals surface area contributed by atoms with Crippen molar-refractivity contribution in [2.24, 2.45) is 5.73 Å². The maximum absolute atomic E-state index is 11.2. The first-order valence-corrected chi connectivity index (χ1v) is 5.32. The Morgan fingerprint density at radius 1 is 1.53 bits per heavy atom. The molecule has 0 aromatic carbocycles. The van der Waals surface area contributed by atoms with Crippen LogP contribution in [0, 0.1) is 0 Å². The summed E-state index contributed by atoms with van der Waals surface area (Å²) in [6.45, 7) is 1.15. The van der Waals surface area contributed by atoms with E-state index in [-0.39, 0.29) is 18.4 Å². The molecule has 1 fully saturated rings. The average molecular weight is 214 g/mol. The zero-order valence-corrected chi connectivity index (χ0v) is 8.82. The standard InChI is InChI=1S/C10H18N2O3/c11-9-5-4-8(13)7-12(9)6-2-1-3-10(14)15/h9H,1-7,11H2,(H,14,15). The predicted molar refractivity (Wildman–Crippen MR) is 55.3 cm³/mol. The van der Waals surface area contributed by atoms with Gasteiger partial charge in [0.25, 0.3) is 0 Å². The lowest BCUT2D eigenvalue weighted by Gasteiger charge is -2.31.